The zero-order valence-corrected chi connectivity index (χ0v) is 10.5. The summed E-state index contributed by atoms with van der Waals surface area (Å²) in [7, 11) is 0. The maximum atomic E-state index is 12.6. The first-order chi connectivity index (χ1) is 9.40. The molecule has 0 fully saturated rings. The van der Waals surface area contributed by atoms with Crippen LogP contribution in [0.4, 0.5) is 30.6 Å². The number of hydrogen-bond acceptors (Lipinski definition) is 5. The lowest BCUT2D eigenvalue weighted by molar-refractivity contribution is -0.137. The Balaban J connectivity index is 2.30. The monoisotopic (exact) mass is 283 g/mol. The minimum atomic E-state index is -4.39. The molecule has 2 aromatic rings. The highest BCUT2D eigenvalue weighted by molar-refractivity contribution is 5.60. The lowest BCUT2D eigenvalue weighted by atomic mass is 10.2. The Hall–Kier alpha value is -2.35. The van der Waals surface area contributed by atoms with Gasteiger partial charge >= 0.3 is 6.18 Å². The van der Waals surface area contributed by atoms with E-state index in [1.807, 2.05) is 0 Å². The van der Waals surface area contributed by atoms with Crippen molar-refractivity contribution >= 4 is 17.5 Å². The Morgan fingerprint density at radius 2 is 2.00 bits per heavy atom. The van der Waals surface area contributed by atoms with Gasteiger partial charge in [0.2, 0.25) is 5.95 Å². The topological polar surface area (TPSA) is 75.9 Å². The van der Waals surface area contributed by atoms with Gasteiger partial charge in [0, 0.05) is 17.4 Å². The van der Waals surface area contributed by atoms with Gasteiger partial charge in [0.25, 0.3) is 0 Å². The number of nitrogen functional groups attached to an aromatic ring is 1. The molecule has 0 saturated heterocycles. The Morgan fingerprint density at radius 1 is 1.25 bits per heavy atom. The summed E-state index contributed by atoms with van der Waals surface area (Å²) in [6.45, 7) is 1.73. The number of nitrogens with one attached hydrogen (secondary N) is 2. The van der Waals surface area contributed by atoms with Gasteiger partial charge in [-0.1, -0.05) is 6.07 Å². The van der Waals surface area contributed by atoms with E-state index in [1.54, 1.807) is 6.92 Å². The fourth-order valence-electron chi connectivity index (χ4n) is 1.55. The van der Waals surface area contributed by atoms with E-state index >= 15 is 0 Å². The predicted octanol–water partition coefficient (Wildman–Crippen LogP) is 2.83. The fourth-order valence-corrected chi connectivity index (χ4v) is 1.55. The van der Waals surface area contributed by atoms with Crippen LogP contribution in [0.2, 0.25) is 0 Å². The summed E-state index contributed by atoms with van der Waals surface area (Å²) >= 11 is 0. The van der Waals surface area contributed by atoms with Gasteiger partial charge in [0.05, 0.1) is 5.56 Å². The van der Waals surface area contributed by atoms with Crippen molar-refractivity contribution in [1.29, 1.82) is 0 Å². The molecular weight excluding hydrogens is 271 g/mol. The fraction of sp³-hybridized carbons (Fsp3) is 0.167. The number of benzene rings is 1. The van der Waals surface area contributed by atoms with Gasteiger partial charge in [-0.15, -0.1) is 0 Å². The number of nitrogens with two attached hydrogens (primary N) is 1. The van der Waals surface area contributed by atoms with Crippen LogP contribution in [0.25, 0.3) is 0 Å². The summed E-state index contributed by atoms with van der Waals surface area (Å²) < 4.78 is 37.9. The third-order valence-electron chi connectivity index (χ3n) is 2.55. The molecule has 1 heterocycles. The van der Waals surface area contributed by atoms with Crippen molar-refractivity contribution in [3.8, 4) is 0 Å². The second kappa shape index (κ2) is 5.33. The number of nitrogens with zero attached hydrogens (tertiary/aromatic N) is 2. The molecule has 1 aromatic heterocycles. The normalized spacial score (nSPS) is 11.2. The second-order valence-electron chi connectivity index (χ2n) is 4.07. The number of hydrazine groups is 1. The zero-order valence-electron chi connectivity index (χ0n) is 10.5. The van der Waals surface area contributed by atoms with Crippen LogP contribution >= 0.6 is 0 Å². The number of alkyl halides is 3. The average Bonchev–Trinajstić information content (AvgIpc) is 2.41. The van der Waals surface area contributed by atoms with E-state index < -0.39 is 11.7 Å². The van der Waals surface area contributed by atoms with E-state index in [4.69, 9.17) is 5.84 Å². The number of aromatic nitrogens is 2. The first-order valence-corrected chi connectivity index (χ1v) is 5.64. The van der Waals surface area contributed by atoms with Crippen LogP contribution in [0.3, 0.4) is 0 Å². The van der Waals surface area contributed by atoms with Crippen LogP contribution in [-0.4, -0.2) is 9.97 Å². The van der Waals surface area contributed by atoms with Gasteiger partial charge in [-0.05, 0) is 25.1 Å². The van der Waals surface area contributed by atoms with Crippen molar-refractivity contribution in [2.24, 2.45) is 5.84 Å². The summed E-state index contributed by atoms with van der Waals surface area (Å²) in [5.41, 5.74) is 2.51. The van der Waals surface area contributed by atoms with Crippen molar-refractivity contribution < 1.29 is 13.2 Å². The van der Waals surface area contributed by atoms with E-state index in [0.29, 0.717) is 11.4 Å². The highest BCUT2D eigenvalue weighted by Gasteiger charge is 2.30. The van der Waals surface area contributed by atoms with Gasteiger partial charge in [-0.2, -0.15) is 18.2 Å². The van der Waals surface area contributed by atoms with Crippen molar-refractivity contribution in [3.05, 3.63) is 41.6 Å². The van der Waals surface area contributed by atoms with Crippen molar-refractivity contribution in [3.63, 3.8) is 0 Å². The molecule has 8 heteroatoms. The second-order valence-corrected chi connectivity index (χ2v) is 4.07. The molecule has 4 N–H and O–H groups in total. The highest BCUT2D eigenvalue weighted by Crippen LogP contribution is 2.31. The Bertz CT molecular complexity index is 612. The Kier molecular flexibility index (Phi) is 3.75. The molecule has 0 aliphatic carbocycles. The van der Waals surface area contributed by atoms with Crippen LogP contribution in [0.1, 0.15) is 11.1 Å². The first kappa shape index (κ1) is 14.1. The molecule has 0 saturated carbocycles. The minimum Gasteiger partial charge on any atom is -0.340 e. The molecule has 0 unspecified atom stereocenters. The first-order valence-electron chi connectivity index (χ1n) is 5.64. The number of aryl methyl sites for hydroxylation is 1. The quantitative estimate of drug-likeness (QED) is 0.596. The van der Waals surface area contributed by atoms with Crippen LogP contribution in [0.5, 0.6) is 0 Å². The maximum absolute atomic E-state index is 12.6. The van der Waals surface area contributed by atoms with Gasteiger partial charge in [-0.3, -0.25) is 5.43 Å². The SMILES string of the molecule is Cc1cnc(NN)nc1Nc1cccc(C(F)(F)F)c1. The lowest BCUT2D eigenvalue weighted by Crippen LogP contribution is -2.12. The van der Waals surface area contributed by atoms with E-state index in [9.17, 15) is 13.2 Å². The van der Waals surface area contributed by atoms with Gasteiger partial charge < -0.3 is 5.32 Å². The van der Waals surface area contributed by atoms with Crippen LogP contribution < -0.4 is 16.6 Å². The van der Waals surface area contributed by atoms with Crippen molar-refractivity contribution in [2.45, 2.75) is 13.1 Å². The van der Waals surface area contributed by atoms with Crippen LogP contribution in [0.15, 0.2) is 30.5 Å². The molecule has 0 bridgehead atoms. The molecule has 0 amide bonds. The number of rotatable bonds is 3. The number of halogens is 3. The summed E-state index contributed by atoms with van der Waals surface area (Å²) in [6.07, 6.45) is -2.87. The number of hydrogen-bond donors (Lipinski definition) is 3. The molecule has 106 valence electrons. The largest absolute Gasteiger partial charge is 0.416 e. The minimum absolute atomic E-state index is 0.171. The van der Waals surface area contributed by atoms with Crippen LogP contribution in [-0.2, 0) is 6.18 Å². The Labute approximate surface area is 113 Å². The molecule has 5 nitrogen and oxygen atoms in total. The van der Waals surface area contributed by atoms with Crippen LogP contribution in [0, 0.1) is 6.92 Å². The van der Waals surface area contributed by atoms with Gasteiger partial charge in [0.1, 0.15) is 5.82 Å². The van der Waals surface area contributed by atoms with E-state index in [-0.39, 0.29) is 11.6 Å². The highest BCUT2D eigenvalue weighted by atomic mass is 19.4. The molecule has 0 aliphatic heterocycles. The van der Waals surface area contributed by atoms with Gasteiger partial charge in [-0.25, -0.2) is 10.8 Å². The summed E-state index contributed by atoms with van der Waals surface area (Å²) in [5.74, 6) is 5.74. The molecule has 1 aromatic carbocycles. The molecule has 2 rings (SSSR count). The van der Waals surface area contributed by atoms with E-state index in [2.05, 4.69) is 20.7 Å². The third kappa shape index (κ3) is 3.15. The summed E-state index contributed by atoms with van der Waals surface area (Å²) in [4.78, 5) is 7.93. The summed E-state index contributed by atoms with van der Waals surface area (Å²) in [6, 6.07) is 4.86. The molecule has 0 atom stereocenters. The predicted molar refractivity (Wildman–Crippen MR) is 69.3 cm³/mol. The van der Waals surface area contributed by atoms with Gasteiger partial charge in [0.15, 0.2) is 0 Å². The number of anilines is 3. The third-order valence-corrected chi connectivity index (χ3v) is 2.55. The lowest BCUT2D eigenvalue weighted by Gasteiger charge is -2.12. The summed E-state index contributed by atoms with van der Waals surface area (Å²) in [5, 5.41) is 2.81. The average molecular weight is 283 g/mol. The standard InChI is InChI=1S/C12H12F3N5/c1-7-6-17-11(20-16)19-10(7)18-9-4-2-3-8(5-9)12(13,14)15/h2-6H,16H2,1H3,(H2,17,18,19,20). The molecule has 0 aliphatic rings. The molecular formula is C12H12F3N5. The zero-order chi connectivity index (χ0) is 14.8. The van der Waals surface area contributed by atoms with E-state index in [1.165, 1.54) is 18.3 Å². The molecule has 0 radical (unpaired) electrons. The maximum Gasteiger partial charge on any atom is 0.416 e. The smallest absolute Gasteiger partial charge is 0.340 e. The van der Waals surface area contributed by atoms with Crippen molar-refractivity contribution in [2.75, 3.05) is 10.7 Å². The molecule has 0 spiro atoms. The van der Waals surface area contributed by atoms with E-state index in [0.717, 1.165) is 12.1 Å². The molecule has 20 heavy (non-hydrogen) atoms. The van der Waals surface area contributed by atoms with Crippen molar-refractivity contribution in [1.82, 2.24) is 9.97 Å². The Morgan fingerprint density at radius 3 is 2.65 bits per heavy atom.